The largest absolute Gasteiger partial charge is 0.467 e. The molecule has 2 heterocycles. The predicted molar refractivity (Wildman–Crippen MR) is 147 cm³/mol. The Morgan fingerprint density at radius 2 is 1.60 bits per heavy atom. The third-order valence-corrected chi connectivity index (χ3v) is 7.07. The average Bonchev–Trinajstić information content (AvgIpc) is 3.58. The number of carbonyl (C=O) groups excluding carboxylic acids is 3. The molecule has 5 rings (SSSR count). The van der Waals surface area contributed by atoms with Crippen molar-refractivity contribution in [2.24, 2.45) is 5.92 Å². The zero-order valence-corrected chi connectivity index (χ0v) is 22.9. The molecule has 4 aromatic rings. The maximum atomic E-state index is 13.2. The van der Waals surface area contributed by atoms with Crippen LogP contribution in [0.3, 0.4) is 0 Å². The van der Waals surface area contributed by atoms with E-state index >= 15 is 0 Å². The van der Waals surface area contributed by atoms with Crippen molar-refractivity contribution in [3.8, 4) is 22.4 Å². The number of hydrogen-bond acceptors (Lipinski definition) is 6. The number of amides is 2. The first kappa shape index (κ1) is 28.6. The molecule has 0 aliphatic carbocycles. The van der Waals surface area contributed by atoms with E-state index in [0.717, 1.165) is 28.8 Å². The summed E-state index contributed by atoms with van der Waals surface area (Å²) < 4.78 is 48.5. The lowest BCUT2D eigenvalue weighted by Gasteiger charge is -2.28. The van der Waals surface area contributed by atoms with Gasteiger partial charge in [0.15, 0.2) is 0 Å². The minimum Gasteiger partial charge on any atom is -0.467 e. The van der Waals surface area contributed by atoms with Crippen LogP contribution in [0.25, 0.3) is 22.4 Å². The highest BCUT2D eigenvalue weighted by Gasteiger charge is 2.38. The van der Waals surface area contributed by atoms with E-state index in [0.29, 0.717) is 23.4 Å². The molecule has 0 radical (unpaired) electrons. The Labute approximate surface area is 239 Å². The molecule has 2 amide bonds. The van der Waals surface area contributed by atoms with Gasteiger partial charge >= 0.3 is 12.1 Å². The van der Waals surface area contributed by atoms with Gasteiger partial charge in [-0.2, -0.15) is 13.2 Å². The number of ether oxygens (including phenoxy) is 1. The van der Waals surface area contributed by atoms with Crippen molar-refractivity contribution in [3.63, 3.8) is 0 Å². The first-order valence-electron chi connectivity index (χ1n) is 13.0. The van der Waals surface area contributed by atoms with Crippen molar-refractivity contribution in [2.75, 3.05) is 12.4 Å². The molecular formula is C31H26F3N3O5. The van der Waals surface area contributed by atoms with Gasteiger partial charge in [0.1, 0.15) is 11.7 Å². The second kappa shape index (κ2) is 11.2. The molecule has 0 unspecified atom stereocenters. The van der Waals surface area contributed by atoms with E-state index in [1.54, 1.807) is 30.3 Å². The van der Waals surface area contributed by atoms with Crippen LogP contribution in [0.4, 0.5) is 18.9 Å². The number of fused-ring (bicyclic) bond motifs is 1. The molecule has 0 saturated heterocycles. The van der Waals surface area contributed by atoms with E-state index in [1.807, 2.05) is 26.0 Å². The maximum Gasteiger partial charge on any atom is 0.416 e. The van der Waals surface area contributed by atoms with Crippen LogP contribution in [0.15, 0.2) is 77.3 Å². The molecule has 42 heavy (non-hydrogen) atoms. The highest BCUT2D eigenvalue weighted by molar-refractivity contribution is 6.03. The van der Waals surface area contributed by atoms with Crippen LogP contribution in [0, 0.1) is 5.92 Å². The number of hydrogen-bond donors (Lipinski definition) is 1. The first-order valence-corrected chi connectivity index (χ1v) is 13.0. The summed E-state index contributed by atoms with van der Waals surface area (Å²) in [6.07, 6.45) is -4.45. The van der Waals surface area contributed by atoms with E-state index in [2.05, 4.69) is 10.5 Å². The fraction of sp³-hybridized carbons (Fsp3) is 0.226. The van der Waals surface area contributed by atoms with Crippen LogP contribution >= 0.6 is 0 Å². The van der Waals surface area contributed by atoms with Gasteiger partial charge in [-0.05, 0) is 52.9 Å². The summed E-state index contributed by atoms with van der Waals surface area (Å²) in [6.45, 7) is 4.05. The Kier molecular flexibility index (Phi) is 7.59. The van der Waals surface area contributed by atoms with Gasteiger partial charge < -0.3 is 19.5 Å². The lowest BCUT2D eigenvalue weighted by Crippen LogP contribution is -2.45. The van der Waals surface area contributed by atoms with E-state index in [-0.39, 0.29) is 23.3 Å². The molecule has 0 fully saturated rings. The summed E-state index contributed by atoms with van der Waals surface area (Å²) in [6, 6.07) is 17.5. The summed E-state index contributed by atoms with van der Waals surface area (Å²) in [5, 5.41) is 6.49. The third kappa shape index (κ3) is 5.63. The number of esters is 1. The molecule has 0 saturated carbocycles. The van der Waals surface area contributed by atoms with Crippen molar-refractivity contribution in [2.45, 2.75) is 32.6 Å². The summed E-state index contributed by atoms with van der Waals surface area (Å²) in [4.78, 5) is 39.8. The van der Waals surface area contributed by atoms with Crippen molar-refractivity contribution < 1.29 is 36.8 Å². The van der Waals surface area contributed by atoms with Gasteiger partial charge in [-0.15, -0.1) is 0 Å². The van der Waals surface area contributed by atoms with Crippen molar-refractivity contribution in [1.29, 1.82) is 0 Å². The number of aromatic nitrogens is 1. The Balaban J connectivity index is 1.27. The molecular weight excluding hydrogens is 551 g/mol. The van der Waals surface area contributed by atoms with Gasteiger partial charge in [0.2, 0.25) is 5.76 Å². The monoisotopic (exact) mass is 577 g/mol. The molecule has 0 spiro atoms. The topological polar surface area (TPSA) is 102 Å². The zero-order valence-electron chi connectivity index (χ0n) is 22.9. The third-order valence-electron chi connectivity index (χ3n) is 7.07. The number of nitrogens with zero attached hydrogens (tertiary/aromatic N) is 2. The van der Waals surface area contributed by atoms with Crippen LogP contribution in [-0.2, 0) is 22.3 Å². The normalized spacial score (nSPS) is 13.7. The number of anilines is 1. The van der Waals surface area contributed by atoms with E-state index in [4.69, 9.17) is 9.26 Å². The van der Waals surface area contributed by atoms with E-state index in [1.165, 1.54) is 30.2 Å². The molecule has 1 N–H and O–H groups in total. The number of benzene rings is 3. The van der Waals surface area contributed by atoms with E-state index < -0.39 is 29.7 Å². The van der Waals surface area contributed by atoms with Crippen LogP contribution in [-0.4, -0.2) is 41.0 Å². The van der Waals surface area contributed by atoms with E-state index in [9.17, 15) is 27.6 Å². The summed E-state index contributed by atoms with van der Waals surface area (Å²) in [7, 11) is 1.31. The number of halogens is 3. The minimum absolute atomic E-state index is 0.109. The molecule has 1 aliphatic heterocycles. The fourth-order valence-electron chi connectivity index (χ4n) is 4.89. The van der Waals surface area contributed by atoms with Crippen LogP contribution < -0.4 is 5.32 Å². The molecule has 1 aliphatic rings. The molecule has 1 atom stereocenters. The average molecular weight is 578 g/mol. The lowest BCUT2D eigenvalue weighted by atomic mass is 10.00. The minimum atomic E-state index is -4.45. The Morgan fingerprint density at radius 3 is 2.21 bits per heavy atom. The summed E-state index contributed by atoms with van der Waals surface area (Å²) in [5.74, 6) is -1.50. The van der Waals surface area contributed by atoms with Crippen molar-refractivity contribution >= 4 is 23.5 Å². The number of carbonyl (C=O) groups is 3. The summed E-state index contributed by atoms with van der Waals surface area (Å²) >= 11 is 0. The highest BCUT2D eigenvalue weighted by atomic mass is 19.4. The summed E-state index contributed by atoms with van der Waals surface area (Å²) in [5.41, 5.74) is 3.22. The number of methoxy groups -OCH3 is 1. The number of alkyl halides is 3. The number of nitrogens with one attached hydrogen (secondary N) is 1. The van der Waals surface area contributed by atoms with Crippen LogP contribution in [0.1, 0.15) is 45.9 Å². The second-order valence-electron chi connectivity index (χ2n) is 10.2. The standard InChI is InChI=1S/C31H26F3N3O5/c1-17(2)27(30(40)41-3)37-16-21-5-4-20(14-24(21)29(37)39)18-8-12-23(13-9-18)35-28(38)26-15-25(36-42-26)19-6-10-22(11-7-19)31(32,33)34/h4-15,17,27H,16H2,1-3H3,(H,35,38)/t27-/m0/s1. The van der Waals surface area contributed by atoms with Gasteiger partial charge in [-0.1, -0.05) is 55.4 Å². The first-order chi connectivity index (χ1) is 20.0. The smallest absolute Gasteiger partial charge is 0.416 e. The SMILES string of the molecule is COC(=O)[C@H](C(C)C)N1Cc2ccc(-c3ccc(NC(=O)c4cc(-c5ccc(C(F)(F)F)cc5)no4)cc3)cc2C1=O. The van der Waals surface area contributed by atoms with Gasteiger partial charge in [0.05, 0.1) is 12.7 Å². The predicted octanol–water partition coefficient (Wildman–Crippen LogP) is 6.43. The molecule has 11 heteroatoms. The highest BCUT2D eigenvalue weighted by Crippen LogP contribution is 2.33. The number of rotatable bonds is 7. The maximum absolute atomic E-state index is 13.2. The fourth-order valence-corrected chi connectivity index (χ4v) is 4.89. The van der Waals surface area contributed by atoms with Crippen molar-refractivity contribution in [1.82, 2.24) is 10.1 Å². The van der Waals surface area contributed by atoms with Gasteiger partial charge in [0.25, 0.3) is 11.8 Å². The molecule has 8 nitrogen and oxygen atoms in total. The van der Waals surface area contributed by atoms with Crippen LogP contribution in [0.5, 0.6) is 0 Å². The van der Waals surface area contributed by atoms with Gasteiger partial charge in [-0.3, -0.25) is 9.59 Å². The van der Waals surface area contributed by atoms with Crippen LogP contribution in [0.2, 0.25) is 0 Å². The lowest BCUT2D eigenvalue weighted by molar-refractivity contribution is -0.147. The molecule has 3 aromatic carbocycles. The molecule has 216 valence electrons. The molecule has 1 aromatic heterocycles. The molecule has 0 bridgehead atoms. The Morgan fingerprint density at radius 1 is 0.952 bits per heavy atom. The van der Waals surface area contributed by atoms with Gasteiger partial charge in [-0.25, -0.2) is 4.79 Å². The van der Waals surface area contributed by atoms with Crippen molar-refractivity contribution in [3.05, 3.63) is 95.2 Å². The second-order valence-corrected chi connectivity index (χ2v) is 10.2. The Hall–Kier alpha value is -4.93. The quantitative estimate of drug-likeness (QED) is 0.254. The Bertz CT molecular complexity index is 1640. The van der Waals surface area contributed by atoms with Gasteiger partial charge in [0, 0.05) is 29.4 Å². The zero-order chi connectivity index (χ0) is 30.2.